The van der Waals surface area contributed by atoms with E-state index < -0.39 is 51.0 Å². The number of aromatic hydroxyl groups is 2. The molecule has 0 radical (unpaired) electrons. The van der Waals surface area contributed by atoms with Gasteiger partial charge in [0.25, 0.3) is 0 Å². The number of phenolic OH excluding ortho intramolecular Hbond substituents is 2. The van der Waals surface area contributed by atoms with E-state index in [0.29, 0.717) is 0 Å². The molecular weight excluding hydrogens is 450 g/mol. The summed E-state index contributed by atoms with van der Waals surface area (Å²) in [5, 5.41) is 20.1. The maximum atomic E-state index is 13.1. The van der Waals surface area contributed by atoms with E-state index in [1.54, 1.807) is 20.8 Å². The minimum Gasteiger partial charge on any atom is -0.507 e. The van der Waals surface area contributed by atoms with Gasteiger partial charge in [-0.2, -0.15) is 0 Å². The maximum Gasteiger partial charge on any atom is 0.338 e. The highest BCUT2D eigenvalue weighted by molar-refractivity contribution is 7.89. The van der Waals surface area contributed by atoms with Crippen LogP contribution in [0, 0.1) is 5.92 Å². The van der Waals surface area contributed by atoms with Gasteiger partial charge in [0.05, 0.1) is 34.2 Å². The number of sulfonamides is 1. The van der Waals surface area contributed by atoms with Crippen LogP contribution in [0.3, 0.4) is 0 Å². The van der Waals surface area contributed by atoms with Gasteiger partial charge in [-0.25, -0.2) is 17.9 Å². The monoisotopic (exact) mass is 473 g/mol. The summed E-state index contributed by atoms with van der Waals surface area (Å²) in [6, 6.07) is 6.15. The number of ketones is 2. The first-order valence-corrected chi connectivity index (χ1v) is 11.6. The van der Waals surface area contributed by atoms with E-state index in [4.69, 9.17) is 4.74 Å². The minimum atomic E-state index is -4.16. The van der Waals surface area contributed by atoms with E-state index in [2.05, 4.69) is 4.72 Å². The summed E-state index contributed by atoms with van der Waals surface area (Å²) in [6.07, 6.45) is 0.973. The molecule has 2 aromatic carbocycles. The number of Topliss-reactive ketones (excluding diaryl/α,β-unsaturated/α-hetero) is 1. The average Bonchev–Trinajstić information content (AvgIpc) is 2.76. The fourth-order valence-corrected chi connectivity index (χ4v) is 4.86. The second-order valence-electron chi connectivity index (χ2n) is 7.73. The van der Waals surface area contributed by atoms with Crippen LogP contribution >= 0.6 is 0 Å². The first-order chi connectivity index (χ1) is 15.5. The van der Waals surface area contributed by atoms with Gasteiger partial charge in [-0.1, -0.05) is 13.8 Å². The molecule has 3 rings (SSSR count). The van der Waals surface area contributed by atoms with Gasteiger partial charge < -0.3 is 14.9 Å². The Morgan fingerprint density at radius 1 is 1.00 bits per heavy atom. The summed E-state index contributed by atoms with van der Waals surface area (Å²) in [7, 11) is -4.16. The van der Waals surface area contributed by atoms with Crippen molar-refractivity contribution in [3.05, 3.63) is 64.7 Å². The van der Waals surface area contributed by atoms with E-state index in [1.807, 2.05) is 0 Å². The normalized spacial score (nSPS) is 14.6. The van der Waals surface area contributed by atoms with Crippen LogP contribution in [0.4, 0.5) is 0 Å². The second kappa shape index (κ2) is 9.16. The third-order valence-corrected chi connectivity index (χ3v) is 6.60. The zero-order valence-electron chi connectivity index (χ0n) is 18.2. The SMILES string of the molecule is CCOC(=O)c1ccc(S(=O)(=O)NC(C2=CC(=O)c3c(O)ccc(O)c3C2=O)C(C)C)cc1. The van der Waals surface area contributed by atoms with E-state index >= 15 is 0 Å². The van der Waals surface area contributed by atoms with Gasteiger partial charge in [-0.3, -0.25) is 9.59 Å². The lowest BCUT2D eigenvalue weighted by molar-refractivity contribution is 0.0526. The van der Waals surface area contributed by atoms with Crippen molar-refractivity contribution >= 4 is 27.6 Å². The Morgan fingerprint density at radius 3 is 2.12 bits per heavy atom. The van der Waals surface area contributed by atoms with Crippen molar-refractivity contribution in [3.63, 3.8) is 0 Å². The van der Waals surface area contributed by atoms with E-state index in [0.717, 1.165) is 18.2 Å². The van der Waals surface area contributed by atoms with Crippen molar-refractivity contribution in [1.29, 1.82) is 0 Å². The summed E-state index contributed by atoms with van der Waals surface area (Å²) in [4.78, 5) is 37.4. The first kappa shape index (κ1) is 24.1. The molecule has 33 heavy (non-hydrogen) atoms. The third-order valence-electron chi connectivity index (χ3n) is 5.14. The number of carbonyl (C=O) groups excluding carboxylic acids is 3. The smallest absolute Gasteiger partial charge is 0.338 e. The van der Waals surface area contributed by atoms with Gasteiger partial charge in [0.2, 0.25) is 10.0 Å². The molecule has 1 aliphatic rings. The number of nitrogens with one attached hydrogen (secondary N) is 1. The molecule has 1 unspecified atom stereocenters. The van der Waals surface area contributed by atoms with Gasteiger partial charge in [0.1, 0.15) is 11.5 Å². The number of phenols is 2. The van der Waals surface area contributed by atoms with Gasteiger partial charge in [0, 0.05) is 5.57 Å². The van der Waals surface area contributed by atoms with Crippen molar-refractivity contribution in [2.45, 2.75) is 31.7 Å². The van der Waals surface area contributed by atoms with Crippen LogP contribution in [0.5, 0.6) is 11.5 Å². The maximum absolute atomic E-state index is 13.1. The lowest BCUT2D eigenvalue weighted by Gasteiger charge is -2.27. The van der Waals surface area contributed by atoms with Crippen LogP contribution < -0.4 is 4.72 Å². The fourth-order valence-electron chi connectivity index (χ4n) is 3.49. The molecule has 10 heteroatoms. The number of ether oxygens (including phenoxy) is 1. The van der Waals surface area contributed by atoms with Crippen LogP contribution in [-0.2, 0) is 14.8 Å². The number of carbonyl (C=O) groups is 3. The number of esters is 1. The Hall–Kier alpha value is -3.50. The van der Waals surface area contributed by atoms with E-state index in [9.17, 15) is 33.0 Å². The molecule has 0 saturated carbocycles. The molecule has 0 heterocycles. The number of rotatable bonds is 7. The molecule has 1 atom stereocenters. The molecule has 0 bridgehead atoms. The molecule has 9 nitrogen and oxygen atoms in total. The second-order valence-corrected chi connectivity index (χ2v) is 9.45. The van der Waals surface area contributed by atoms with Crippen molar-refractivity contribution in [3.8, 4) is 11.5 Å². The quantitative estimate of drug-likeness (QED) is 0.411. The Kier molecular flexibility index (Phi) is 6.71. The number of benzene rings is 2. The molecule has 0 saturated heterocycles. The van der Waals surface area contributed by atoms with Gasteiger partial charge in [-0.05, 0) is 55.3 Å². The number of allylic oxidation sites excluding steroid dienone is 1. The van der Waals surface area contributed by atoms with E-state index in [-0.39, 0.29) is 33.8 Å². The number of hydrogen-bond donors (Lipinski definition) is 3. The zero-order chi connectivity index (χ0) is 24.5. The fraction of sp³-hybridized carbons (Fsp3) is 0.261. The van der Waals surface area contributed by atoms with Crippen LogP contribution in [0.15, 0.2) is 52.9 Å². The van der Waals surface area contributed by atoms with Gasteiger partial charge in [-0.15, -0.1) is 0 Å². The van der Waals surface area contributed by atoms with Gasteiger partial charge >= 0.3 is 5.97 Å². The molecule has 174 valence electrons. The Bertz CT molecular complexity index is 1260. The predicted octanol–water partition coefficient (Wildman–Crippen LogP) is 2.58. The predicted molar refractivity (Wildman–Crippen MR) is 118 cm³/mol. The third kappa shape index (κ3) is 4.67. The van der Waals surface area contributed by atoms with Crippen molar-refractivity contribution in [2.24, 2.45) is 5.92 Å². The average molecular weight is 474 g/mol. The summed E-state index contributed by atoms with van der Waals surface area (Å²) in [6.45, 7) is 5.15. The molecule has 0 spiro atoms. The topological polar surface area (TPSA) is 147 Å². The van der Waals surface area contributed by atoms with Crippen LogP contribution in [0.25, 0.3) is 0 Å². The van der Waals surface area contributed by atoms with Crippen molar-refractivity contribution < 1.29 is 37.8 Å². The summed E-state index contributed by atoms with van der Waals surface area (Å²) < 4.78 is 33.3. The Balaban J connectivity index is 1.96. The molecule has 0 fully saturated rings. The zero-order valence-corrected chi connectivity index (χ0v) is 19.0. The Labute approximate surface area is 190 Å². The minimum absolute atomic E-state index is 0.155. The lowest BCUT2D eigenvalue weighted by Crippen LogP contribution is -2.43. The Morgan fingerprint density at radius 2 is 1.58 bits per heavy atom. The largest absolute Gasteiger partial charge is 0.507 e. The van der Waals surface area contributed by atoms with Crippen molar-refractivity contribution in [1.82, 2.24) is 4.72 Å². The standard InChI is InChI=1S/C23H23NO8S/c1-4-32-23(29)13-5-7-14(8-6-13)33(30,31)24-21(12(2)3)15-11-18(27)19-16(25)9-10-17(26)20(19)22(15)28/h5-12,21,24-26H,4H2,1-3H3. The highest BCUT2D eigenvalue weighted by Crippen LogP contribution is 2.36. The molecule has 0 aliphatic heterocycles. The van der Waals surface area contributed by atoms with E-state index in [1.165, 1.54) is 24.3 Å². The van der Waals surface area contributed by atoms with Crippen LogP contribution in [-0.4, -0.2) is 48.8 Å². The number of hydrogen-bond acceptors (Lipinski definition) is 8. The highest BCUT2D eigenvalue weighted by Gasteiger charge is 2.37. The molecule has 1 aliphatic carbocycles. The summed E-state index contributed by atoms with van der Waals surface area (Å²) >= 11 is 0. The molecule has 2 aromatic rings. The molecular formula is C23H23NO8S. The summed E-state index contributed by atoms with van der Waals surface area (Å²) in [5.41, 5.74) is -0.682. The van der Waals surface area contributed by atoms with Gasteiger partial charge in [0.15, 0.2) is 11.6 Å². The van der Waals surface area contributed by atoms with Crippen LogP contribution in [0.1, 0.15) is 51.8 Å². The van der Waals surface area contributed by atoms with Crippen molar-refractivity contribution in [2.75, 3.05) is 6.61 Å². The molecule has 0 amide bonds. The molecule has 0 aromatic heterocycles. The van der Waals surface area contributed by atoms with Crippen LogP contribution in [0.2, 0.25) is 0 Å². The molecule has 3 N–H and O–H groups in total. The number of fused-ring (bicyclic) bond motifs is 1. The highest BCUT2D eigenvalue weighted by atomic mass is 32.2. The lowest BCUT2D eigenvalue weighted by atomic mass is 9.82. The summed E-state index contributed by atoms with van der Waals surface area (Å²) in [5.74, 6) is -3.49. The first-order valence-electron chi connectivity index (χ1n) is 10.1.